The fraction of sp³-hybridized carbons (Fsp3) is 0.417. The molecule has 0 saturated carbocycles. The summed E-state index contributed by atoms with van der Waals surface area (Å²) in [5.74, 6) is 0.853. The van der Waals surface area contributed by atoms with Gasteiger partial charge in [-0.15, -0.1) is 0 Å². The van der Waals surface area contributed by atoms with Gasteiger partial charge in [0.2, 0.25) is 5.91 Å². The number of benzene rings is 2. The lowest BCUT2D eigenvalue weighted by Crippen LogP contribution is -2.50. The zero-order chi connectivity index (χ0) is 22.7. The quantitative estimate of drug-likeness (QED) is 0.656. The normalized spacial score (nSPS) is 21.5. The van der Waals surface area contributed by atoms with E-state index in [0.717, 1.165) is 30.1 Å². The molecule has 170 valence electrons. The van der Waals surface area contributed by atoms with Gasteiger partial charge in [0.1, 0.15) is 17.9 Å². The molecule has 32 heavy (non-hydrogen) atoms. The van der Waals surface area contributed by atoms with Crippen LogP contribution in [0.5, 0.6) is 5.75 Å². The zero-order valence-corrected chi connectivity index (χ0v) is 19.1. The summed E-state index contributed by atoms with van der Waals surface area (Å²) in [6.45, 7) is 7.56. The number of anilines is 1. The lowest BCUT2D eigenvalue weighted by atomic mass is 9.99. The van der Waals surface area contributed by atoms with Crippen LogP contribution in [0.3, 0.4) is 0 Å². The van der Waals surface area contributed by atoms with Crippen molar-refractivity contribution in [2.75, 3.05) is 44.2 Å². The van der Waals surface area contributed by atoms with Crippen LogP contribution in [0.4, 0.5) is 10.5 Å². The summed E-state index contributed by atoms with van der Waals surface area (Å²) in [4.78, 5) is 30.5. The Bertz CT molecular complexity index is 960. The van der Waals surface area contributed by atoms with Crippen LogP contribution in [0.25, 0.3) is 0 Å². The zero-order valence-electron chi connectivity index (χ0n) is 18.4. The first-order chi connectivity index (χ1) is 15.5. The van der Waals surface area contributed by atoms with Gasteiger partial charge >= 0.3 is 6.09 Å². The molecule has 0 radical (unpaired) electrons. The van der Waals surface area contributed by atoms with Gasteiger partial charge in [-0.05, 0) is 48.9 Å². The van der Waals surface area contributed by atoms with Crippen LogP contribution in [-0.4, -0.2) is 67.2 Å². The minimum Gasteiger partial charge on any atom is -0.494 e. The van der Waals surface area contributed by atoms with Gasteiger partial charge in [-0.25, -0.2) is 4.79 Å². The Hall–Kier alpha value is -2.77. The second kappa shape index (κ2) is 9.79. The molecule has 2 fully saturated rings. The van der Waals surface area contributed by atoms with E-state index in [1.807, 2.05) is 48.2 Å². The lowest BCUT2D eigenvalue weighted by Gasteiger charge is -2.36. The van der Waals surface area contributed by atoms with Crippen LogP contribution in [0.2, 0.25) is 5.02 Å². The first kappa shape index (κ1) is 22.4. The monoisotopic (exact) mass is 457 g/mol. The highest BCUT2D eigenvalue weighted by molar-refractivity contribution is 6.30. The van der Waals surface area contributed by atoms with Crippen LogP contribution >= 0.6 is 11.6 Å². The summed E-state index contributed by atoms with van der Waals surface area (Å²) in [7, 11) is 0. The van der Waals surface area contributed by atoms with E-state index in [0.29, 0.717) is 31.3 Å². The molecular formula is C24H28ClN3O4. The van der Waals surface area contributed by atoms with Crippen LogP contribution < -0.4 is 9.64 Å². The Kier molecular flexibility index (Phi) is 6.86. The molecule has 8 heteroatoms. The fourth-order valence-electron chi connectivity index (χ4n) is 4.35. The van der Waals surface area contributed by atoms with Crippen molar-refractivity contribution in [3.05, 3.63) is 59.1 Å². The van der Waals surface area contributed by atoms with Crippen molar-refractivity contribution < 1.29 is 19.1 Å². The minimum atomic E-state index is -0.383. The molecule has 0 spiro atoms. The molecule has 2 aliphatic heterocycles. The molecule has 4 rings (SSSR count). The molecule has 0 unspecified atom stereocenters. The molecule has 0 bridgehead atoms. The topological polar surface area (TPSA) is 62.3 Å². The van der Waals surface area contributed by atoms with E-state index in [2.05, 4.69) is 4.90 Å². The van der Waals surface area contributed by atoms with Gasteiger partial charge in [-0.2, -0.15) is 0 Å². The highest BCUT2D eigenvalue weighted by Crippen LogP contribution is 2.39. The molecule has 2 atom stereocenters. The van der Waals surface area contributed by atoms with E-state index >= 15 is 0 Å². The van der Waals surface area contributed by atoms with Crippen molar-refractivity contribution in [1.29, 1.82) is 0 Å². The summed E-state index contributed by atoms with van der Waals surface area (Å²) in [6.07, 6.45) is -0.745. The molecular weight excluding hydrogens is 430 g/mol. The number of hydrogen-bond acceptors (Lipinski definition) is 5. The third-order valence-electron chi connectivity index (χ3n) is 5.95. The largest absolute Gasteiger partial charge is 0.494 e. The molecule has 2 aromatic rings. The number of ether oxygens (including phenoxy) is 2. The van der Waals surface area contributed by atoms with Crippen molar-refractivity contribution in [3.8, 4) is 5.75 Å². The number of cyclic esters (lactones) is 1. The van der Waals surface area contributed by atoms with Gasteiger partial charge in [0.25, 0.3) is 0 Å². The Morgan fingerprint density at radius 3 is 2.50 bits per heavy atom. The van der Waals surface area contributed by atoms with Gasteiger partial charge in [0.15, 0.2) is 0 Å². The SMILES string of the molecule is CCOc1cccc([C@H]2[C@H](CN3CCN(C(C)=O)CC3)OC(=O)N2c2ccc(Cl)cc2)c1. The summed E-state index contributed by atoms with van der Waals surface area (Å²) >= 11 is 6.07. The lowest BCUT2D eigenvalue weighted by molar-refractivity contribution is -0.130. The summed E-state index contributed by atoms with van der Waals surface area (Å²) in [6, 6.07) is 14.7. The average Bonchev–Trinajstić information content (AvgIpc) is 3.10. The van der Waals surface area contributed by atoms with Crippen molar-refractivity contribution in [1.82, 2.24) is 9.80 Å². The van der Waals surface area contributed by atoms with Crippen LogP contribution in [0.1, 0.15) is 25.5 Å². The summed E-state index contributed by atoms with van der Waals surface area (Å²) in [5, 5.41) is 0.607. The first-order valence-electron chi connectivity index (χ1n) is 10.9. The Morgan fingerprint density at radius 1 is 1.12 bits per heavy atom. The second-order valence-electron chi connectivity index (χ2n) is 8.03. The fourth-order valence-corrected chi connectivity index (χ4v) is 4.48. The van der Waals surface area contributed by atoms with Gasteiger partial charge in [-0.3, -0.25) is 14.6 Å². The predicted molar refractivity (Wildman–Crippen MR) is 123 cm³/mol. The number of piperazine rings is 1. The molecule has 0 N–H and O–H groups in total. The van der Waals surface area contributed by atoms with Crippen LogP contribution in [0.15, 0.2) is 48.5 Å². The van der Waals surface area contributed by atoms with E-state index in [-0.39, 0.29) is 24.1 Å². The Labute approximate surface area is 193 Å². The van der Waals surface area contributed by atoms with Crippen molar-refractivity contribution in [2.24, 2.45) is 0 Å². The van der Waals surface area contributed by atoms with Gasteiger partial charge in [-0.1, -0.05) is 23.7 Å². The summed E-state index contributed by atoms with van der Waals surface area (Å²) < 4.78 is 11.6. The molecule has 2 aromatic carbocycles. The van der Waals surface area contributed by atoms with E-state index in [9.17, 15) is 9.59 Å². The number of amides is 2. The van der Waals surface area contributed by atoms with Crippen LogP contribution in [0, 0.1) is 0 Å². The minimum absolute atomic E-state index is 0.0940. The van der Waals surface area contributed by atoms with Crippen molar-refractivity contribution in [3.63, 3.8) is 0 Å². The maximum atomic E-state index is 13.0. The van der Waals surface area contributed by atoms with E-state index in [1.54, 1.807) is 24.0 Å². The van der Waals surface area contributed by atoms with E-state index in [4.69, 9.17) is 21.1 Å². The highest BCUT2D eigenvalue weighted by Gasteiger charge is 2.44. The second-order valence-corrected chi connectivity index (χ2v) is 8.46. The molecule has 0 aliphatic carbocycles. The van der Waals surface area contributed by atoms with Gasteiger partial charge in [0.05, 0.1) is 6.61 Å². The third-order valence-corrected chi connectivity index (χ3v) is 6.20. The maximum absolute atomic E-state index is 13.0. The molecule has 2 saturated heterocycles. The maximum Gasteiger partial charge on any atom is 0.415 e. The number of hydrogen-bond donors (Lipinski definition) is 0. The number of carbonyl (C=O) groups is 2. The molecule has 2 amide bonds. The standard InChI is InChI=1S/C24H28ClN3O4/c1-3-31-21-6-4-5-18(15-21)23-22(16-26-11-13-27(14-12-26)17(2)29)32-24(30)28(23)20-9-7-19(25)8-10-20/h4-10,15,22-23H,3,11-14,16H2,1-2H3/t22-,23-/m0/s1. The van der Waals surface area contributed by atoms with Crippen molar-refractivity contribution in [2.45, 2.75) is 26.0 Å². The molecule has 0 aromatic heterocycles. The number of halogens is 1. The van der Waals surface area contributed by atoms with E-state index < -0.39 is 0 Å². The van der Waals surface area contributed by atoms with Crippen molar-refractivity contribution >= 4 is 29.3 Å². The molecule has 7 nitrogen and oxygen atoms in total. The van der Waals surface area contributed by atoms with Gasteiger partial charge < -0.3 is 14.4 Å². The average molecular weight is 458 g/mol. The molecule has 2 aliphatic rings. The van der Waals surface area contributed by atoms with Crippen LogP contribution in [-0.2, 0) is 9.53 Å². The smallest absolute Gasteiger partial charge is 0.415 e. The summed E-state index contributed by atoms with van der Waals surface area (Å²) in [5.41, 5.74) is 1.68. The first-order valence-corrected chi connectivity index (χ1v) is 11.3. The molecule has 2 heterocycles. The Morgan fingerprint density at radius 2 is 1.84 bits per heavy atom. The van der Waals surface area contributed by atoms with E-state index in [1.165, 1.54) is 0 Å². The van der Waals surface area contributed by atoms with Gasteiger partial charge in [0, 0.05) is 50.4 Å². The third kappa shape index (κ3) is 4.84. The number of rotatable bonds is 6. The Balaban J connectivity index is 1.61. The number of nitrogens with zero attached hydrogens (tertiary/aromatic N) is 3. The number of carbonyl (C=O) groups excluding carboxylic acids is 2. The predicted octanol–water partition coefficient (Wildman–Crippen LogP) is 3.97. The highest BCUT2D eigenvalue weighted by atomic mass is 35.5.